The summed E-state index contributed by atoms with van der Waals surface area (Å²) in [5.74, 6) is 1.20. The molecule has 2 heterocycles. The first-order valence-electron chi connectivity index (χ1n) is 7.40. The van der Waals surface area contributed by atoms with Crippen LogP contribution in [0.4, 0.5) is 11.4 Å². The van der Waals surface area contributed by atoms with Gasteiger partial charge in [-0.25, -0.2) is 0 Å². The van der Waals surface area contributed by atoms with E-state index in [9.17, 15) is 10.1 Å². The molecule has 116 valence electrons. The molecule has 3 rings (SSSR count). The zero-order valence-electron chi connectivity index (χ0n) is 12.8. The lowest BCUT2D eigenvalue weighted by atomic mass is 9.96. The summed E-state index contributed by atoms with van der Waals surface area (Å²) >= 11 is 0. The lowest BCUT2D eigenvalue weighted by Crippen LogP contribution is -2.36. The second kappa shape index (κ2) is 5.75. The highest BCUT2D eigenvalue weighted by atomic mass is 16.6. The van der Waals surface area contributed by atoms with Crippen molar-refractivity contribution in [2.75, 3.05) is 18.0 Å². The smallest absolute Gasteiger partial charge is 0.292 e. The average molecular weight is 301 g/mol. The van der Waals surface area contributed by atoms with E-state index in [-0.39, 0.29) is 16.5 Å². The Morgan fingerprint density at radius 3 is 2.91 bits per heavy atom. The second-order valence-electron chi connectivity index (χ2n) is 5.78. The Balaban J connectivity index is 1.93. The predicted octanol–water partition coefficient (Wildman–Crippen LogP) is 2.42. The van der Waals surface area contributed by atoms with Crippen molar-refractivity contribution in [3.8, 4) is 0 Å². The largest absolute Gasteiger partial charge is 0.365 e. The van der Waals surface area contributed by atoms with Crippen LogP contribution < -0.4 is 4.90 Å². The third-order valence-corrected chi connectivity index (χ3v) is 4.26. The van der Waals surface area contributed by atoms with Gasteiger partial charge in [-0.15, -0.1) is 10.2 Å². The standard InChI is InChI=1S/C15H19N5O2/c1-11-5-3-7-13(20(21)22)14(11)19-8-4-6-12(9-19)15-17-16-10-18(15)2/h3,5,7,10,12H,4,6,8-9H2,1-2H3/t12-/m1/s1. The Bertz CT molecular complexity index is 697. The number of anilines is 1. The molecule has 0 saturated carbocycles. The summed E-state index contributed by atoms with van der Waals surface area (Å²) in [7, 11) is 1.94. The minimum absolute atomic E-state index is 0.179. The van der Waals surface area contributed by atoms with Gasteiger partial charge >= 0.3 is 0 Å². The van der Waals surface area contributed by atoms with Crippen LogP contribution in [0.25, 0.3) is 0 Å². The van der Waals surface area contributed by atoms with Gasteiger partial charge in [0, 0.05) is 32.1 Å². The van der Waals surface area contributed by atoms with Crippen molar-refractivity contribution in [3.63, 3.8) is 0 Å². The molecule has 0 amide bonds. The summed E-state index contributed by atoms with van der Waals surface area (Å²) < 4.78 is 1.93. The number of para-hydroxylation sites is 1. The molecule has 0 unspecified atom stereocenters. The first kappa shape index (κ1) is 14.5. The molecular formula is C15H19N5O2. The molecule has 1 atom stereocenters. The molecule has 2 aromatic rings. The monoisotopic (exact) mass is 301 g/mol. The number of nitro groups is 1. The van der Waals surface area contributed by atoms with E-state index in [4.69, 9.17) is 0 Å². The summed E-state index contributed by atoms with van der Waals surface area (Å²) in [5.41, 5.74) is 1.85. The molecule has 0 N–H and O–H groups in total. The van der Waals surface area contributed by atoms with Crippen molar-refractivity contribution >= 4 is 11.4 Å². The van der Waals surface area contributed by atoms with Gasteiger partial charge in [-0.1, -0.05) is 12.1 Å². The van der Waals surface area contributed by atoms with E-state index >= 15 is 0 Å². The maximum Gasteiger partial charge on any atom is 0.292 e. The molecule has 22 heavy (non-hydrogen) atoms. The van der Waals surface area contributed by atoms with Gasteiger partial charge < -0.3 is 9.47 Å². The van der Waals surface area contributed by atoms with Crippen molar-refractivity contribution in [2.45, 2.75) is 25.7 Å². The van der Waals surface area contributed by atoms with E-state index in [1.807, 2.05) is 24.6 Å². The zero-order chi connectivity index (χ0) is 15.7. The van der Waals surface area contributed by atoms with Crippen LogP contribution in [0.1, 0.15) is 30.1 Å². The Labute approximate surface area is 128 Å². The average Bonchev–Trinajstić information content (AvgIpc) is 2.93. The van der Waals surface area contributed by atoms with Crippen molar-refractivity contribution in [1.82, 2.24) is 14.8 Å². The fourth-order valence-corrected chi connectivity index (χ4v) is 3.25. The van der Waals surface area contributed by atoms with E-state index in [0.717, 1.165) is 43.0 Å². The highest BCUT2D eigenvalue weighted by Crippen LogP contribution is 2.36. The molecule has 0 spiro atoms. The van der Waals surface area contributed by atoms with Crippen LogP contribution in [0, 0.1) is 17.0 Å². The first-order chi connectivity index (χ1) is 10.6. The number of aromatic nitrogens is 3. The van der Waals surface area contributed by atoms with Gasteiger partial charge in [-0.2, -0.15) is 0 Å². The number of piperidine rings is 1. The van der Waals surface area contributed by atoms with Gasteiger partial charge in [0.1, 0.15) is 17.8 Å². The molecule has 7 nitrogen and oxygen atoms in total. The Morgan fingerprint density at radius 1 is 1.41 bits per heavy atom. The van der Waals surface area contributed by atoms with Crippen molar-refractivity contribution in [2.24, 2.45) is 7.05 Å². The third kappa shape index (κ3) is 2.54. The maximum atomic E-state index is 11.3. The third-order valence-electron chi connectivity index (χ3n) is 4.26. The Morgan fingerprint density at radius 2 is 2.23 bits per heavy atom. The number of benzene rings is 1. The summed E-state index contributed by atoms with van der Waals surface area (Å²) in [6.07, 6.45) is 3.72. The predicted molar refractivity (Wildman–Crippen MR) is 83.0 cm³/mol. The number of nitro benzene ring substituents is 1. The maximum absolute atomic E-state index is 11.3. The van der Waals surface area contributed by atoms with Crippen LogP contribution in [0.5, 0.6) is 0 Å². The number of rotatable bonds is 3. The fraction of sp³-hybridized carbons (Fsp3) is 0.467. The number of aryl methyl sites for hydroxylation is 2. The molecule has 1 aliphatic heterocycles. The number of nitrogens with zero attached hydrogens (tertiary/aromatic N) is 5. The number of hydrogen-bond acceptors (Lipinski definition) is 5. The van der Waals surface area contributed by atoms with E-state index in [2.05, 4.69) is 15.1 Å². The van der Waals surface area contributed by atoms with Gasteiger partial charge in [-0.3, -0.25) is 10.1 Å². The quantitative estimate of drug-likeness (QED) is 0.642. The number of hydrogen-bond donors (Lipinski definition) is 0. The Hall–Kier alpha value is -2.44. The summed E-state index contributed by atoms with van der Waals surface area (Å²) in [4.78, 5) is 13.2. The Kier molecular flexibility index (Phi) is 3.79. The van der Waals surface area contributed by atoms with Gasteiger partial charge in [0.25, 0.3) is 5.69 Å². The zero-order valence-corrected chi connectivity index (χ0v) is 12.8. The van der Waals surface area contributed by atoms with Crippen molar-refractivity contribution < 1.29 is 4.92 Å². The summed E-state index contributed by atoms with van der Waals surface area (Å²) in [6, 6.07) is 5.24. The molecule has 0 aliphatic carbocycles. The molecule has 0 bridgehead atoms. The van der Waals surface area contributed by atoms with Crippen LogP contribution in [-0.2, 0) is 7.05 Å². The van der Waals surface area contributed by atoms with Crippen LogP contribution in [-0.4, -0.2) is 32.8 Å². The summed E-state index contributed by atoms with van der Waals surface area (Å²) in [6.45, 7) is 3.49. The molecule has 0 radical (unpaired) electrons. The SMILES string of the molecule is Cc1cccc([N+](=O)[O-])c1N1CCC[C@@H](c2nncn2C)C1. The van der Waals surface area contributed by atoms with Crippen LogP contribution in [0.3, 0.4) is 0 Å². The molecule has 1 fully saturated rings. The normalized spacial score (nSPS) is 18.5. The molecule has 1 aromatic carbocycles. The second-order valence-corrected chi connectivity index (χ2v) is 5.78. The highest BCUT2D eigenvalue weighted by molar-refractivity contribution is 5.68. The topological polar surface area (TPSA) is 77.1 Å². The fourth-order valence-electron chi connectivity index (χ4n) is 3.25. The van der Waals surface area contributed by atoms with Gasteiger partial charge in [0.05, 0.1) is 4.92 Å². The minimum atomic E-state index is -0.297. The lowest BCUT2D eigenvalue weighted by Gasteiger charge is -2.34. The van der Waals surface area contributed by atoms with E-state index in [0.29, 0.717) is 0 Å². The van der Waals surface area contributed by atoms with E-state index in [1.54, 1.807) is 18.5 Å². The van der Waals surface area contributed by atoms with Gasteiger partial charge in [0.15, 0.2) is 0 Å². The first-order valence-corrected chi connectivity index (χ1v) is 7.40. The van der Waals surface area contributed by atoms with Gasteiger partial charge in [0.2, 0.25) is 0 Å². The van der Waals surface area contributed by atoms with Crippen LogP contribution in [0.2, 0.25) is 0 Å². The lowest BCUT2D eigenvalue weighted by molar-refractivity contribution is -0.384. The minimum Gasteiger partial charge on any atom is -0.365 e. The van der Waals surface area contributed by atoms with Crippen LogP contribution in [0.15, 0.2) is 24.5 Å². The molecule has 1 aromatic heterocycles. The summed E-state index contributed by atoms with van der Waals surface area (Å²) in [5, 5.41) is 19.5. The van der Waals surface area contributed by atoms with E-state index in [1.165, 1.54) is 0 Å². The van der Waals surface area contributed by atoms with Crippen LogP contribution >= 0.6 is 0 Å². The molecular weight excluding hydrogens is 282 g/mol. The van der Waals surface area contributed by atoms with Crippen molar-refractivity contribution in [3.05, 3.63) is 46.0 Å². The van der Waals surface area contributed by atoms with Crippen molar-refractivity contribution in [1.29, 1.82) is 0 Å². The molecule has 1 aliphatic rings. The van der Waals surface area contributed by atoms with Gasteiger partial charge in [-0.05, 0) is 25.3 Å². The van der Waals surface area contributed by atoms with E-state index < -0.39 is 0 Å². The molecule has 7 heteroatoms. The molecule has 1 saturated heterocycles. The highest BCUT2D eigenvalue weighted by Gasteiger charge is 2.29.